The molecule has 27 heavy (non-hydrogen) atoms. The van der Waals surface area contributed by atoms with Gasteiger partial charge in [0, 0.05) is 43.8 Å². The monoisotopic (exact) mass is 369 g/mol. The fraction of sp³-hybridized carbons (Fsp3) is 0.450. The summed E-state index contributed by atoms with van der Waals surface area (Å²) in [7, 11) is 0. The highest BCUT2D eigenvalue weighted by molar-refractivity contribution is 5.98. The van der Waals surface area contributed by atoms with Gasteiger partial charge in [0.2, 0.25) is 5.43 Å². The Bertz CT molecular complexity index is 973. The van der Waals surface area contributed by atoms with Crippen LogP contribution in [0.5, 0.6) is 0 Å². The fourth-order valence-corrected chi connectivity index (χ4v) is 4.05. The summed E-state index contributed by atoms with van der Waals surface area (Å²) in [4.78, 5) is 41.1. The van der Waals surface area contributed by atoms with Crippen molar-refractivity contribution < 1.29 is 14.3 Å². The molecule has 2 amide bonds. The molecule has 2 aliphatic heterocycles. The Hall–Kier alpha value is -2.83. The van der Waals surface area contributed by atoms with Gasteiger partial charge in [-0.15, -0.1) is 0 Å². The summed E-state index contributed by atoms with van der Waals surface area (Å²) in [5.41, 5.74) is 2.09. The maximum atomic E-state index is 13.0. The van der Waals surface area contributed by atoms with Crippen molar-refractivity contribution in [1.29, 1.82) is 0 Å². The van der Waals surface area contributed by atoms with E-state index in [2.05, 4.69) is 6.92 Å². The number of benzene rings is 1. The first-order chi connectivity index (χ1) is 13.0. The van der Waals surface area contributed by atoms with Gasteiger partial charge in [-0.25, -0.2) is 4.79 Å². The number of hydrogen-bond acceptors (Lipinski definition) is 4. The van der Waals surface area contributed by atoms with E-state index in [1.54, 1.807) is 29.0 Å². The van der Waals surface area contributed by atoms with Gasteiger partial charge in [0.05, 0.1) is 12.1 Å². The van der Waals surface area contributed by atoms with Gasteiger partial charge in [-0.1, -0.05) is 12.1 Å². The second-order valence-corrected chi connectivity index (χ2v) is 7.12. The zero-order chi connectivity index (χ0) is 19.1. The number of aromatic nitrogens is 1. The Kier molecular flexibility index (Phi) is 4.37. The third kappa shape index (κ3) is 2.87. The van der Waals surface area contributed by atoms with Crippen molar-refractivity contribution >= 4 is 22.9 Å². The van der Waals surface area contributed by atoms with Crippen LogP contribution in [0, 0.1) is 0 Å². The minimum Gasteiger partial charge on any atom is -0.450 e. The van der Waals surface area contributed by atoms with Crippen molar-refractivity contribution in [2.45, 2.75) is 26.3 Å². The van der Waals surface area contributed by atoms with Crippen molar-refractivity contribution in [3.8, 4) is 0 Å². The number of carbonyl (C=O) groups excluding carboxylic acids is 2. The predicted octanol–water partition coefficient (Wildman–Crippen LogP) is 2.03. The van der Waals surface area contributed by atoms with E-state index in [0.29, 0.717) is 38.2 Å². The molecule has 7 nitrogen and oxygen atoms in total. The van der Waals surface area contributed by atoms with Gasteiger partial charge in [-0.05, 0) is 31.9 Å². The van der Waals surface area contributed by atoms with E-state index in [4.69, 9.17) is 4.74 Å². The quantitative estimate of drug-likeness (QED) is 0.812. The molecule has 0 radical (unpaired) electrons. The lowest BCUT2D eigenvalue weighted by Gasteiger charge is -2.34. The highest BCUT2D eigenvalue weighted by atomic mass is 16.6. The first-order valence-corrected chi connectivity index (χ1v) is 9.39. The number of piperazine rings is 1. The normalized spacial score (nSPS) is 18.8. The van der Waals surface area contributed by atoms with Crippen LogP contribution >= 0.6 is 0 Å². The Morgan fingerprint density at radius 2 is 1.85 bits per heavy atom. The van der Waals surface area contributed by atoms with Gasteiger partial charge in [0.15, 0.2) is 0 Å². The molecular weight excluding hydrogens is 346 g/mol. The highest BCUT2D eigenvalue weighted by Gasteiger charge is 2.29. The zero-order valence-electron chi connectivity index (χ0n) is 15.6. The Morgan fingerprint density at radius 3 is 2.56 bits per heavy atom. The van der Waals surface area contributed by atoms with E-state index in [0.717, 1.165) is 17.5 Å². The molecular formula is C20H23N3O4. The molecule has 4 rings (SSSR count). The number of hydrogen-bond donors (Lipinski definition) is 0. The SMILES string of the molecule is CCOC(=O)N1CCN(C(=O)c2cn3c4c(cccc4c2=O)C[C@H]3C)CC1. The number of nitrogens with zero attached hydrogens (tertiary/aromatic N) is 3. The van der Waals surface area contributed by atoms with Gasteiger partial charge in [0.25, 0.3) is 5.91 Å². The largest absolute Gasteiger partial charge is 0.450 e. The molecule has 0 N–H and O–H groups in total. The van der Waals surface area contributed by atoms with E-state index >= 15 is 0 Å². The molecule has 7 heteroatoms. The average Bonchev–Trinajstić information content (AvgIpc) is 3.00. The Balaban J connectivity index is 1.61. The topological polar surface area (TPSA) is 71.8 Å². The van der Waals surface area contributed by atoms with Gasteiger partial charge >= 0.3 is 6.09 Å². The Morgan fingerprint density at radius 1 is 1.15 bits per heavy atom. The second-order valence-electron chi connectivity index (χ2n) is 7.12. The van der Waals surface area contributed by atoms with Crippen molar-refractivity contribution in [2.75, 3.05) is 32.8 Å². The third-order valence-corrected chi connectivity index (χ3v) is 5.45. The summed E-state index contributed by atoms with van der Waals surface area (Å²) in [6.45, 7) is 5.79. The molecule has 1 aromatic carbocycles. The highest BCUT2D eigenvalue weighted by Crippen LogP contribution is 2.31. The molecule has 0 aliphatic carbocycles. The van der Waals surface area contributed by atoms with E-state index < -0.39 is 0 Å². The van der Waals surface area contributed by atoms with Gasteiger partial charge < -0.3 is 19.1 Å². The van der Waals surface area contributed by atoms with Crippen LogP contribution in [0.2, 0.25) is 0 Å². The predicted molar refractivity (Wildman–Crippen MR) is 101 cm³/mol. The number of carbonyl (C=O) groups is 2. The van der Waals surface area contributed by atoms with Crippen molar-refractivity contribution in [2.24, 2.45) is 0 Å². The third-order valence-electron chi connectivity index (χ3n) is 5.45. The van der Waals surface area contributed by atoms with Crippen LogP contribution in [0.1, 0.15) is 35.8 Å². The molecule has 3 heterocycles. The minimum absolute atomic E-state index is 0.206. The minimum atomic E-state index is -0.357. The molecule has 2 aromatic rings. The molecule has 0 spiro atoms. The van der Waals surface area contributed by atoms with Crippen LogP contribution in [-0.4, -0.2) is 59.2 Å². The van der Waals surface area contributed by atoms with Gasteiger partial charge in [-0.3, -0.25) is 9.59 Å². The summed E-state index contributed by atoms with van der Waals surface area (Å²) in [5, 5.41) is 0.604. The zero-order valence-corrected chi connectivity index (χ0v) is 15.6. The van der Waals surface area contributed by atoms with E-state index in [9.17, 15) is 14.4 Å². The molecule has 142 valence electrons. The van der Waals surface area contributed by atoms with Crippen molar-refractivity contribution in [3.05, 3.63) is 45.7 Å². The van der Waals surface area contributed by atoms with Crippen LogP contribution in [0.4, 0.5) is 4.79 Å². The van der Waals surface area contributed by atoms with Crippen LogP contribution in [0.25, 0.3) is 10.9 Å². The first-order valence-electron chi connectivity index (χ1n) is 9.39. The van der Waals surface area contributed by atoms with Crippen LogP contribution < -0.4 is 5.43 Å². The number of amides is 2. The molecule has 2 aliphatic rings. The molecule has 1 atom stereocenters. The average molecular weight is 369 g/mol. The van der Waals surface area contributed by atoms with E-state index in [1.807, 2.05) is 16.7 Å². The van der Waals surface area contributed by atoms with E-state index in [1.165, 1.54) is 0 Å². The van der Waals surface area contributed by atoms with Crippen LogP contribution in [0.15, 0.2) is 29.2 Å². The second kappa shape index (κ2) is 6.72. The maximum absolute atomic E-state index is 13.0. The molecule has 1 aromatic heterocycles. The molecule has 0 saturated carbocycles. The number of rotatable bonds is 2. The van der Waals surface area contributed by atoms with Crippen LogP contribution in [-0.2, 0) is 11.2 Å². The van der Waals surface area contributed by atoms with Gasteiger partial charge in [-0.2, -0.15) is 0 Å². The van der Waals surface area contributed by atoms with E-state index in [-0.39, 0.29) is 29.0 Å². The molecule has 1 fully saturated rings. The summed E-state index contributed by atoms with van der Waals surface area (Å²) < 4.78 is 7.06. The lowest BCUT2D eigenvalue weighted by atomic mass is 10.1. The maximum Gasteiger partial charge on any atom is 0.409 e. The lowest BCUT2D eigenvalue weighted by Crippen LogP contribution is -2.51. The fourth-order valence-electron chi connectivity index (χ4n) is 4.05. The first kappa shape index (κ1) is 17.6. The molecule has 0 unspecified atom stereocenters. The van der Waals surface area contributed by atoms with Crippen molar-refractivity contribution in [3.63, 3.8) is 0 Å². The summed E-state index contributed by atoms with van der Waals surface area (Å²) in [6.07, 6.45) is 2.23. The van der Waals surface area contributed by atoms with Crippen LogP contribution in [0.3, 0.4) is 0 Å². The summed E-state index contributed by atoms with van der Waals surface area (Å²) in [6, 6.07) is 5.94. The standard InChI is InChI=1S/C20H23N3O4/c1-3-27-20(26)22-9-7-21(8-10-22)19(25)16-12-23-13(2)11-14-5-4-6-15(17(14)23)18(16)24/h4-6,12-13H,3,7-11H2,1-2H3/t13-/m1/s1. The number of para-hydroxylation sites is 1. The van der Waals surface area contributed by atoms with Gasteiger partial charge in [0.1, 0.15) is 5.56 Å². The molecule has 0 bridgehead atoms. The Labute approximate surface area is 157 Å². The summed E-state index contributed by atoms with van der Waals surface area (Å²) in [5.74, 6) is -0.265. The van der Waals surface area contributed by atoms with Crippen molar-refractivity contribution in [1.82, 2.24) is 14.4 Å². The molecule has 1 saturated heterocycles. The number of ether oxygens (including phenoxy) is 1. The lowest BCUT2D eigenvalue weighted by molar-refractivity contribution is 0.0569. The smallest absolute Gasteiger partial charge is 0.409 e. The summed E-state index contributed by atoms with van der Waals surface area (Å²) >= 11 is 0. The number of pyridine rings is 1.